The highest BCUT2D eigenvalue weighted by Gasteiger charge is 2.17. The lowest BCUT2D eigenvalue weighted by molar-refractivity contribution is -0.384. The molecule has 5 N–H and O–H groups in total. The number of anilines is 1. The zero-order chi connectivity index (χ0) is 35.7. The molecule has 0 saturated carbocycles. The van der Waals surface area contributed by atoms with Crippen LogP contribution in [-0.2, 0) is 9.59 Å². The molecular formula is C34H39N7O8S. The van der Waals surface area contributed by atoms with Gasteiger partial charge in [0.15, 0.2) is 13.2 Å². The molecule has 4 rings (SSSR count). The second-order valence-electron chi connectivity index (χ2n) is 11.2. The molecule has 0 unspecified atom stereocenters. The van der Waals surface area contributed by atoms with Crippen LogP contribution in [0.2, 0.25) is 0 Å². The van der Waals surface area contributed by atoms with Crippen LogP contribution in [0.4, 0.5) is 11.4 Å². The van der Waals surface area contributed by atoms with Crippen molar-refractivity contribution in [2.24, 2.45) is 0 Å². The molecule has 2 heterocycles. The molecule has 0 atom stereocenters. The number of carbonyl (C=O) groups is 4. The second kappa shape index (κ2) is 19.4. The van der Waals surface area contributed by atoms with E-state index < -0.39 is 4.92 Å². The fraction of sp³-hybridized carbons (Fsp3) is 0.353. The summed E-state index contributed by atoms with van der Waals surface area (Å²) in [4.78, 5) is 65.3. The van der Waals surface area contributed by atoms with Crippen molar-refractivity contribution in [3.05, 3.63) is 87.7 Å². The van der Waals surface area contributed by atoms with E-state index in [0.29, 0.717) is 57.4 Å². The number of hydrogen-bond donors (Lipinski definition) is 5. The smallest absolute Gasteiger partial charge is 0.269 e. The second-order valence-corrected chi connectivity index (χ2v) is 11.6. The first-order valence-corrected chi connectivity index (χ1v) is 16.6. The SMILES string of the molecule is O=C1COc2cccc(c2NC(=S)c2ccc([N+](=O)[O-])cc2)OCC(=O)NCCCCCNC(=O)c2cccc(n2)C(=O)NCCCCCN1. The van der Waals surface area contributed by atoms with E-state index in [9.17, 15) is 29.3 Å². The van der Waals surface area contributed by atoms with E-state index in [-0.39, 0.29) is 76.1 Å². The third kappa shape index (κ3) is 11.8. The molecular weight excluding hydrogens is 666 g/mol. The number of nitrogens with one attached hydrogen (secondary N) is 5. The number of ether oxygens (including phenoxy) is 2. The number of thiocarbonyl (C=S) groups is 1. The first-order chi connectivity index (χ1) is 24.2. The van der Waals surface area contributed by atoms with Crippen LogP contribution < -0.4 is 36.1 Å². The quantitative estimate of drug-likeness (QED) is 0.152. The number of fused-ring (bicyclic) bond motifs is 4. The molecule has 1 aliphatic rings. The largest absolute Gasteiger partial charge is 0.481 e. The van der Waals surface area contributed by atoms with Gasteiger partial charge in [0.1, 0.15) is 33.6 Å². The van der Waals surface area contributed by atoms with Gasteiger partial charge >= 0.3 is 0 Å². The number of non-ortho nitro benzene ring substituents is 1. The molecule has 16 heteroatoms. The highest BCUT2D eigenvalue weighted by molar-refractivity contribution is 7.81. The molecule has 4 bridgehead atoms. The number of para-hydroxylation sites is 1. The fourth-order valence-electron chi connectivity index (χ4n) is 4.77. The minimum atomic E-state index is -0.511. The van der Waals surface area contributed by atoms with Crippen LogP contribution in [-0.4, -0.2) is 77.9 Å². The molecule has 1 aliphatic heterocycles. The van der Waals surface area contributed by atoms with Gasteiger partial charge in [-0.25, -0.2) is 4.98 Å². The van der Waals surface area contributed by atoms with Crippen LogP contribution in [0.3, 0.4) is 0 Å². The molecule has 0 spiro atoms. The lowest BCUT2D eigenvalue weighted by Crippen LogP contribution is -2.31. The average molecular weight is 706 g/mol. The van der Waals surface area contributed by atoms with Crippen molar-refractivity contribution in [3.8, 4) is 11.5 Å². The number of amides is 4. The van der Waals surface area contributed by atoms with E-state index in [4.69, 9.17) is 21.7 Å². The number of benzene rings is 2. The van der Waals surface area contributed by atoms with Crippen LogP contribution in [0.5, 0.6) is 11.5 Å². The molecule has 1 aromatic heterocycles. The van der Waals surface area contributed by atoms with Crippen molar-refractivity contribution in [2.45, 2.75) is 38.5 Å². The lowest BCUT2D eigenvalue weighted by Gasteiger charge is -2.18. The summed E-state index contributed by atoms with van der Waals surface area (Å²) in [7, 11) is 0. The van der Waals surface area contributed by atoms with Gasteiger partial charge in [-0.1, -0.05) is 24.4 Å². The Balaban J connectivity index is 1.42. The Kier molecular flexibility index (Phi) is 14.4. The van der Waals surface area contributed by atoms with Crippen molar-refractivity contribution in [1.82, 2.24) is 26.3 Å². The summed E-state index contributed by atoms with van der Waals surface area (Å²) in [6.07, 6.45) is 4.14. The van der Waals surface area contributed by atoms with Crippen LogP contribution in [0.25, 0.3) is 0 Å². The Morgan fingerprint density at radius 2 is 1.14 bits per heavy atom. The maximum Gasteiger partial charge on any atom is 0.269 e. The Morgan fingerprint density at radius 1 is 0.680 bits per heavy atom. The van der Waals surface area contributed by atoms with Crippen LogP contribution >= 0.6 is 12.2 Å². The lowest BCUT2D eigenvalue weighted by atomic mass is 10.2. The Bertz CT molecular complexity index is 1610. The molecule has 0 aliphatic carbocycles. The predicted octanol–water partition coefficient (Wildman–Crippen LogP) is 3.28. The predicted molar refractivity (Wildman–Crippen MR) is 188 cm³/mol. The van der Waals surface area contributed by atoms with E-state index in [1.807, 2.05) is 0 Å². The molecule has 0 saturated heterocycles. The number of carbonyl (C=O) groups excluding carboxylic acids is 4. The van der Waals surface area contributed by atoms with E-state index in [2.05, 4.69) is 31.6 Å². The number of nitrogens with zero attached hydrogens (tertiary/aromatic N) is 2. The molecule has 264 valence electrons. The average Bonchev–Trinajstić information content (AvgIpc) is 3.12. The standard InChI is InChI=1S/C34H39N7O8S/c42-29-21-48-27-11-8-12-28(31(27)40-34(50)23-13-15-24(16-14-23)41(46)47)49-22-30(43)36-18-4-2-6-20-38-33(45)26-10-7-9-25(39-26)32(44)37-19-5-1-3-17-35-29/h7-16H,1-6,17-22H2,(H,35,42)(H,36,43)(H,37,44)(H,38,45)(H,40,50). The van der Waals surface area contributed by atoms with E-state index in [1.165, 1.54) is 24.3 Å². The molecule has 15 nitrogen and oxygen atoms in total. The first kappa shape index (κ1) is 37.2. The third-order valence-corrected chi connectivity index (χ3v) is 7.76. The van der Waals surface area contributed by atoms with Crippen molar-refractivity contribution >= 4 is 52.2 Å². The minimum Gasteiger partial charge on any atom is -0.481 e. The number of nitro groups is 1. The first-order valence-electron chi connectivity index (χ1n) is 16.2. The molecule has 50 heavy (non-hydrogen) atoms. The highest BCUT2D eigenvalue weighted by atomic mass is 32.1. The molecule has 0 fully saturated rings. The summed E-state index contributed by atoms with van der Waals surface area (Å²) in [6.45, 7) is 0.964. The van der Waals surface area contributed by atoms with Gasteiger partial charge in [-0.15, -0.1) is 0 Å². The minimum absolute atomic E-state index is 0.0899. The van der Waals surface area contributed by atoms with Crippen molar-refractivity contribution in [3.63, 3.8) is 0 Å². The summed E-state index contributed by atoms with van der Waals surface area (Å²) >= 11 is 5.55. The Hall–Kier alpha value is -5.64. The Morgan fingerprint density at radius 3 is 1.62 bits per heavy atom. The van der Waals surface area contributed by atoms with Gasteiger partial charge in [0.05, 0.1) is 4.92 Å². The number of rotatable bonds is 3. The van der Waals surface area contributed by atoms with E-state index in [1.54, 1.807) is 36.4 Å². The van der Waals surface area contributed by atoms with Gasteiger partial charge < -0.3 is 36.1 Å². The molecule has 4 amide bonds. The van der Waals surface area contributed by atoms with Gasteiger partial charge in [-0.05, 0) is 74.9 Å². The molecule has 0 radical (unpaired) electrons. The summed E-state index contributed by atoms with van der Waals surface area (Å²) < 4.78 is 11.7. The maximum atomic E-state index is 12.6. The van der Waals surface area contributed by atoms with Gasteiger partial charge in [-0.3, -0.25) is 29.3 Å². The molecule has 3 aromatic rings. The number of pyridine rings is 1. The topological polar surface area (TPSA) is 203 Å². The van der Waals surface area contributed by atoms with Crippen LogP contribution in [0.1, 0.15) is 65.1 Å². The summed E-state index contributed by atoms with van der Waals surface area (Å²) in [6, 6.07) is 15.2. The van der Waals surface area contributed by atoms with Crippen molar-refractivity contribution in [2.75, 3.05) is 44.7 Å². The van der Waals surface area contributed by atoms with Gasteiger partial charge in [-0.2, -0.15) is 0 Å². The zero-order valence-electron chi connectivity index (χ0n) is 27.3. The van der Waals surface area contributed by atoms with Gasteiger partial charge in [0.25, 0.3) is 29.3 Å². The fourth-order valence-corrected chi connectivity index (χ4v) is 5.00. The number of nitro benzene ring substituents is 1. The van der Waals surface area contributed by atoms with Gasteiger partial charge in [0.2, 0.25) is 0 Å². The maximum absolute atomic E-state index is 12.6. The van der Waals surface area contributed by atoms with E-state index >= 15 is 0 Å². The van der Waals surface area contributed by atoms with Crippen molar-refractivity contribution < 1.29 is 33.6 Å². The normalized spacial score (nSPS) is 16.0. The highest BCUT2D eigenvalue weighted by Crippen LogP contribution is 2.35. The monoisotopic (exact) mass is 705 g/mol. The van der Waals surface area contributed by atoms with Crippen molar-refractivity contribution in [1.29, 1.82) is 0 Å². The van der Waals surface area contributed by atoms with Crippen LogP contribution in [0.15, 0.2) is 60.7 Å². The zero-order valence-corrected chi connectivity index (χ0v) is 28.1. The number of aromatic nitrogens is 1. The van der Waals surface area contributed by atoms with Gasteiger partial charge in [0, 0.05) is 43.9 Å². The summed E-state index contributed by atoms with van der Waals surface area (Å²) in [5.41, 5.74) is 0.969. The van der Waals surface area contributed by atoms with Crippen LogP contribution in [0, 0.1) is 10.1 Å². The summed E-state index contributed by atoms with van der Waals surface area (Å²) in [5.74, 6) is -1.02. The summed E-state index contributed by atoms with van der Waals surface area (Å²) in [5, 5.41) is 25.3. The Labute approximate surface area is 294 Å². The van der Waals surface area contributed by atoms with E-state index in [0.717, 1.165) is 12.8 Å². The number of hydrogen-bond acceptors (Lipinski definition) is 10. The third-order valence-electron chi connectivity index (χ3n) is 7.42. The molecule has 2 aromatic carbocycles.